The van der Waals surface area contributed by atoms with E-state index in [1.807, 2.05) is 0 Å². The molecule has 0 radical (unpaired) electrons. The van der Waals surface area contributed by atoms with Crippen LogP contribution in [0.15, 0.2) is 24.3 Å². The first-order valence-corrected chi connectivity index (χ1v) is 6.29. The molecule has 0 heterocycles. The average molecular weight is 249 g/mol. The number of hydrogen-bond donors (Lipinski definition) is 2. The first-order chi connectivity index (χ1) is 8.69. The second kappa shape index (κ2) is 5.87. The van der Waals surface area contributed by atoms with Gasteiger partial charge in [0, 0.05) is 12.1 Å². The largest absolute Gasteiger partial charge is 0.497 e. The molecule has 2 atom stereocenters. The third kappa shape index (κ3) is 3.23. The third-order valence-corrected chi connectivity index (χ3v) is 3.42. The van der Waals surface area contributed by atoms with E-state index in [2.05, 4.69) is 5.32 Å². The lowest BCUT2D eigenvalue weighted by Crippen LogP contribution is -2.28. The van der Waals surface area contributed by atoms with Crippen molar-refractivity contribution in [3.63, 3.8) is 0 Å². The minimum atomic E-state index is -0.187. The molecule has 4 nitrogen and oxygen atoms in total. The van der Waals surface area contributed by atoms with E-state index >= 15 is 0 Å². The van der Waals surface area contributed by atoms with Gasteiger partial charge in [-0.15, -0.1) is 0 Å². The molecular formula is C14H19NO3. The Morgan fingerprint density at radius 1 is 1.39 bits per heavy atom. The molecule has 0 aliphatic heterocycles. The van der Waals surface area contributed by atoms with E-state index in [0.717, 1.165) is 25.0 Å². The molecule has 0 saturated heterocycles. The van der Waals surface area contributed by atoms with Crippen LogP contribution in [0.2, 0.25) is 0 Å². The number of methoxy groups -OCH3 is 1. The predicted molar refractivity (Wildman–Crippen MR) is 68.7 cm³/mol. The molecule has 0 spiro atoms. The zero-order chi connectivity index (χ0) is 13.0. The number of carbonyl (C=O) groups excluding carboxylic acids is 1. The van der Waals surface area contributed by atoms with Gasteiger partial charge >= 0.3 is 0 Å². The first-order valence-electron chi connectivity index (χ1n) is 6.29. The SMILES string of the molecule is COc1ccc(C(=O)NCC2CCC(O)C2)cc1. The maximum absolute atomic E-state index is 11.9. The van der Waals surface area contributed by atoms with Crippen molar-refractivity contribution < 1.29 is 14.6 Å². The fourth-order valence-electron chi connectivity index (χ4n) is 2.32. The quantitative estimate of drug-likeness (QED) is 0.852. The Morgan fingerprint density at radius 2 is 2.11 bits per heavy atom. The molecule has 0 bridgehead atoms. The predicted octanol–water partition coefficient (Wildman–Crippen LogP) is 1.59. The number of aliphatic hydroxyl groups is 1. The van der Waals surface area contributed by atoms with Crippen molar-refractivity contribution in [2.24, 2.45) is 5.92 Å². The summed E-state index contributed by atoms with van der Waals surface area (Å²) >= 11 is 0. The van der Waals surface area contributed by atoms with Crippen LogP contribution in [-0.4, -0.2) is 30.8 Å². The molecule has 1 fully saturated rings. The van der Waals surface area contributed by atoms with Gasteiger partial charge in [0.15, 0.2) is 0 Å². The molecule has 4 heteroatoms. The zero-order valence-electron chi connectivity index (χ0n) is 10.6. The van der Waals surface area contributed by atoms with Gasteiger partial charge in [0.25, 0.3) is 5.91 Å². The molecule has 1 aliphatic carbocycles. The molecule has 98 valence electrons. The summed E-state index contributed by atoms with van der Waals surface area (Å²) < 4.78 is 5.04. The Labute approximate surface area is 107 Å². The minimum Gasteiger partial charge on any atom is -0.497 e. The Morgan fingerprint density at radius 3 is 2.67 bits per heavy atom. The monoisotopic (exact) mass is 249 g/mol. The zero-order valence-corrected chi connectivity index (χ0v) is 10.6. The van der Waals surface area contributed by atoms with Crippen LogP contribution < -0.4 is 10.1 Å². The van der Waals surface area contributed by atoms with Crippen LogP contribution in [0.25, 0.3) is 0 Å². The Balaban J connectivity index is 1.83. The molecule has 1 saturated carbocycles. The molecular weight excluding hydrogens is 230 g/mol. The molecule has 1 aliphatic rings. The van der Waals surface area contributed by atoms with Crippen molar-refractivity contribution in [3.05, 3.63) is 29.8 Å². The third-order valence-electron chi connectivity index (χ3n) is 3.42. The van der Waals surface area contributed by atoms with Gasteiger partial charge in [0.1, 0.15) is 5.75 Å². The lowest BCUT2D eigenvalue weighted by atomic mass is 10.1. The van der Waals surface area contributed by atoms with Gasteiger partial charge in [-0.3, -0.25) is 4.79 Å². The van der Waals surface area contributed by atoms with Crippen LogP contribution in [0.3, 0.4) is 0 Å². The van der Waals surface area contributed by atoms with Gasteiger partial charge in [-0.1, -0.05) is 0 Å². The van der Waals surface area contributed by atoms with Crippen LogP contribution in [0, 0.1) is 5.92 Å². The van der Waals surface area contributed by atoms with Crippen LogP contribution in [-0.2, 0) is 0 Å². The Hall–Kier alpha value is -1.55. The number of hydrogen-bond acceptors (Lipinski definition) is 3. The topological polar surface area (TPSA) is 58.6 Å². The van der Waals surface area contributed by atoms with E-state index in [1.165, 1.54) is 0 Å². The van der Waals surface area contributed by atoms with Crippen LogP contribution >= 0.6 is 0 Å². The average Bonchev–Trinajstić information content (AvgIpc) is 2.82. The van der Waals surface area contributed by atoms with E-state index in [4.69, 9.17) is 4.74 Å². The van der Waals surface area contributed by atoms with Crippen LogP contribution in [0.1, 0.15) is 29.6 Å². The van der Waals surface area contributed by atoms with Gasteiger partial charge in [-0.05, 0) is 49.4 Å². The van der Waals surface area contributed by atoms with E-state index in [1.54, 1.807) is 31.4 Å². The summed E-state index contributed by atoms with van der Waals surface area (Å²) in [7, 11) is 1.60. The van der Waals surface area contributed by atoms with Crippen molar-refractivity contribution in [1.29, 1.82) is 0 Å². The van der Waals surface area contributed by atoms with Crippen molar-refractivity contribution in [2.45, 2.75) is 25.4 Å². The highest BCUT2D eigenvalue weighted by atomic mass is 16.5. The fourth-order valence-corrected chi connectivity index (χ4v) is 2.32. The maximum Gasteiger partial charge on any atom is 0.251 e. The molecule has 2 unspecified atom stereocenters. The highest BCUT2D eigenvalue weighted by Crippen LogP contribution is 2.24. The van der Waals surface area contributed by atoms with Crippen LogP contribution in [0.5, 0.6) is 5.75 Å². The summed E-state index contributed by atoms with van der Waals surface area (Å²) in [5.41, 5.74) is 0.634. The lowest BCUT2D eigenvalue weighted by Gasteiger charge is -2.11. The number of rotatable bonds is 4. The standard InChI is InChI=1S/C14H19NO3/c1-18-13-6-3-11(4-7-13)14(17)15-9-10-2-5-12(16)8-10/h3-4,6-7,10,12,16H,2,5,8-9H2,1H3,(H,15,17). The number of benzene rings is 1. The highest BCUT2D eigenvalue weighted by Gasteiger charge is 2.23. The molecule has 1 aromatic rings. The normalized spacial score (nSPS) is 22.8. The fraction of sp³-hybridized carbons (Fsp3) is 0.500. The number of aliphatic hydroxyl groups excluding tert-OH is 1. The highest BCUT2D eigenvalue weighted by molar-refractivity contribution is 5.94. The van der Waals surface area contributed by atoms with Crippen LogP contribution in [0.4, 0.5) is 0 Å². The number of carbonyl (C=O) groups is 1. The van der Waals surface area contributed by atoms with Gasteiger partial charge in [0.2, 0.25) is 0 Å². The molecule has 1 aromatic carbocycles. The molecule has 18 heavy (non-hydrogen) atoms. The van der Waals surface area contributed by atoms with Crippen molar-refractivity contribution in [1.82, 2.24) is 5.32 Å². The van der Waals surface area contributed by atoms with E-state index in [-0.39, 0.29) is 12.0 Å². The van der Waals surface area contributed by atoms with Crippen molar-refractivity contribution in [3.8, 4) is 5.75 Å². The number of nitrogens with one attached hydrogen (secondary N) is 1. The van der Waals surface area contributed by atoms with E-state index < -0.39 is 0 Å². The van der Waals surface area contributed by atoms with Crippen molar-refractivity contribution >= 4 is 5.91 Å². The van der Waals surface area contributed by atoms with Crippen molar-refractivity contribution in [2.75, 3.05) is 13.7 Å². The summed E-state index contributed by atoms with van der Waals surface area (Å²) in [5, 5.41) is 12.3. The lowest BCUT2D eigenvalue weighted by molar-refractivity contribution is 0.0945. The first kappa shape index (κ1) is 12.9. The molecule has 2 N–H and O–H groups in total. The maximum atomic E-state index is 11.9. The van der Waals surface area contributed by atoms with Gasteiger partial charge in [-0.25, -0.2) is 0 Å². The molecule has 2 rings (SSSR count). The molecule has 1 amide bonds. The van der Waals surface area contributed by atoms with E-state index in [9.17, 15) is 9.90 Å². The summed E-state index contributed by atoms with van der Waals surface area (Å²) in [4.78, 5) is 11.9. The smallest absolute Gasteiger partial charge is 0.251 e. The summed E-state index contributed by atoms with van der Waals surface area (Å²) in [5.74, 6) is 1.08. The second-order valence-corrected chi connectivity index (χ2v) is 4.77. The molecule has 0 aromatic heterocycles. The number of ether oxygens (including phenoxy) is 1. The summed E-state index contributed by atoms with van der Waals surface area (Å²) in [6.07, 6.45) is 2.45. The van der Waals surface area contributed by atoms with E-state index in [0.29, 0.717) is 18.0 Å². The minimum absolute atomic E-state index is 0.0703. The van der Waals surface area contributed by atoms with Gasteiger partial charge in [-0.2, -0.15) is 0 Å². The Kier molecular flexibility index (Phi) is 4.20. The second-order valence-electron chi connectivity index (χ2n) is 4.77. The number of amides is 1. The Bertz CT molecular complexity index is 402. The van der Waals surface area contributed by atoms with Gasteiger partial charge in [0.05, 0.1) is 13.2 Å². The summed E-state index contributed by atoms with van der Waals surface area (Å²) in [6, 6.07) is 7.04. The van der Waals surface area contributed by atoms with Gasteiger partial charge < -0.3 is 15.2 Å². The summed E-state index contributed by atoms with van der Waals surface area (Å²) in [6.45, 7) is 0.641.